The van der Waals surface area contributed by atoms with Crippen LogP contribution in [0.2, 0.25) is 0 Å². The lowest BCUT2D eigenvalue weighted by Crippen LogP contribution is -2.62. The largest absolute Gasteiger partial charge is 0.401 e. The lowest BCUT2D eigenvalue weighted by Gasteiger charge is -2.46. The summed E-state index contributed by atoms with van der Waals surface area (Å²) in [6.07, 6.45) is 2.92. The second-order valence-corrected chi connectivity index (χ2v) is 6.91. The number of piperazine rings is 1. The third-order valence-electron chi connectivity index (χ3n) is 5.39. The number of rotatable bonds is 4. The molecule has 1 saturated heterocycles. The van der Waals surface area contributed by atoms with E-state index in [0.29, 0.717) is 24.9 Å². The molecule has 3 atom stereocenters. The summed E-state index contributed by atoms with van der Waals surface area (Å²) in [5.74, 6) is 0.861. The molecule has 0 spiro atoms. The molecule has 2 aliphatic rings. The van der Waals surface area contributed by atoms with Crippen LogP contribution in [0.5, 0.6) is 0 Å². The number of nitrogens with zero attached hydrogens (tertiary/aromatic N) is 1. The maximum atomic E-state index is 12.9. The first kappa shape index (κ1) is 17.1. The van der Waals surface area contributed by atoms with Crippen molar-refractivity contribution in [2.24, 2.45) is 11.8 Å². The molecular formula is C16H29F3N2. The summed E-state index contributed by atoms with van der Waals surface area (Å²) >= 11 is 0. The molecule has 1 aliphatic heterocycles. The van der Waals surface area contributed by atoms with Gasteiger partial charge in [0.05, 0.1) is 6.54 Å². The van der Waals surface area contributed by atoms with E-state index in [4.69, 9.17) is 0 Å². The van der Waals surface area contributed by atoms with Gasteiger partial charge in [0, 0.05) is 25.2 Å². The zero-order valence-corrected chi connectivity index (χ0v) is 13.3. The van der Waals surface area contributed by atoms with Gasteiger partial charge in [-0.15, -0.1) is 0 Å². The van der Waals surface area contributed by atoms with Gasteiger partial charge in [0.25, 0.3) is 0 Å². The van der Waals surface area contributed by atoms with Crippen LogP contribution in [0.15, 0.2) is 0 Å². The van der Waals surface area contributed by atoms with Crippen molar-refractivity contribution in [1.82, 2.24) is 10.2 Å². The molecule has 0 amide bonds. The first-order valence-corrected chi connectivity index (χ1v) is 8.45. The van der Waals surface area contributed by atoms with Crippen molar-refractivity contribution < 1.29 is 13.2 Å². The monoisotopic (exact) mass is 306 g/mol. The molecule has 1 heterocycles. The van der Waals surface area contributed by atoms with Gasteiger partial charge in [-0.05, 0) is 24.7 Å². The fourth-order valence-electron chi connectivity index (χ4n) is 3.95. The quantitative estimate of drug-likeness (QED) is 0.849. The van der Waals surface area contributed by atoms with Gasteiger partial charge in [-0.3, -0.25) is 4.90 Å². The Balaban J connectivity index is 2.01. The second kappa shape index (κ2) is 7.32. The van der Waals surface area contributed by atoms with Crippen molar-refractivity contribution in [3.8, 4) is 0 Å². The predicted octanol–water partition coefficient (Wildman–Crippen LogP) is 3.82. The fraction of sp³-hybridized carbons (Fsp3) is 1.00. The van der Waals surface area contributed by atoms with Gasteiger partial charge in [0.2, 0.25) is 0 Å². The summed E-state index contributed by atoms with van der Waals surface area (Å²) in [6.45, 7) is 4.62. The number of hydrogen-bond acceptors (Lipinski definition) is 2. The summed E-state index contributed by atoms with van der Waals surface area (Å²) in [6, 6.07) is 0.254. The molecule has 21 heavy (non-hydrogen) atoms. The molecule has 0 aromatic carbocycles. The molecule has 1 saturated carbocycles. The zero-order chi connectivity index (χ0) is 15.5. The fourth-order valence-corrected chi connectivity index (χ4v) is 3.95. The SMILES string of the molecule is CCC(C)C1CNC(C2CCCCC2)CN1CC(F)(F)F. The van der Waals surface area contributed by atoms with E-state index in [1.54, 1.807) is 4.90 Å². The van der Waals surface area contributed by atoms with E-state index in [1.165, 1.54) is 32.1 Å². The molecular weight excluding hydrogens is 277 g/mol. The standard InChI is InChI=1S/C16H29F3N2/c1-3-12(2)15-9-20-14(13-7-5-4-6-8-13)10-21(15)11-16(17,18)19/h12-15,20H,3-11H2,1-2H3. The minimum Gasteiger partial charge on any atom is -0.311 e. The Morgan fingerprint density at radius 2 is 1.86 bits per heavy atom. The van der Waals surface area contributed by atoms with Crippen molar-refractivity contribution in [1.29, 1.82) is 0 Å². The van der Waals surface area contributed by atoms with Gasteiger partial charge in [0.15, 0.2) is 0 Å². The van der Waals surface area contributed by atoms with Gasteiger partial charge < -0.3 is 5.32 Å². The van der Waals surface area contributed by atoms with Crippen molar-refractivity contribution in [2.45, 2.75) is 70.6 Å². The molecule has 1 N–H and O–H groups in total. The summed E-state index contributed by atoms with van der Waals surface area (Å²) < 4.78 is 38.7. The smallest absolute Gasteiger partial charge is 0.311 e. The molecule has 0 bridgehead atoms. The number of halogens is 3. The van der Waals surface area contributed by atoms with Crippen molar-refractivity contribution >= 4 is 0 Å². The van der Waals surface area contributed by atoms with E-state index in [1.807, 2.05) is 0 Å². The van der Waals surface area contributed by atoms with Crippen LogP contribution in [-0.2, 0) is 0 Å². The average Bonchev–Trinajstić information content (AvgIpc) is 2.45. The molecule has 2 fully saturated rings. The first-order chi connectivity index (χ1) is 9.90. The molecule has 5 heteroatoms. The molecule has 0 aromatic heterocycles. The Morgan fingerprint density at radius 1 is 1.19 bits per heavy atom. The highest BCUT2D eigenvalue weighted by molar-refractivity contribution is 4.92. The van der Waals surface area contributed by atoms with Crippen LogP contribution in [0.4, 0.5) is 13.2 Å². The molecule has 0 radical (unpaired) electrons. The van der Waals surface area contributed by atoms with E-state index in [2.05, 4.69) is 19.2 Å². The molecule has 2 nitrogen and oxygen atoms in total. The maximum Gasteiger partial charge on any atom is 0.401 e. The van der Waals surface area contributed by atoms with E-state index in [-0.39, 0.29) is 12.1 Å². The van der Waals surface area contributed by atoms with Gasteiger partial charge in [-0.2, -0.15) is 13.2 Å². The minimum atomic E-state index is -4.10. The van der Waals surface area contributed by atoms with Crippen LogP contribution in [0.1, 0.15) is 52.4 Å². The highest BCUT2D eigenvalue weighted by atomic mass is 19.4. The van der Waals surface area contributed by atoms with E-state index in [9.17, 15) is 13.2 Å². The lowest BCUT2D eigenvalue weighted by atomic mass is 9.82. The first-order valence-electron chi connectivity index (χ1n) is 8.45. The summed E-state index contributed by atoms with van der Waals surface area (Å²) in [7, 11) is 0. The van der Waals surface area contributed by atoms with Crippen LogP contribution in [0, 0.1) is 11.8 Å². The van der Waals surface area contributed by atoms with Crippen LogP contribution >= 0.6 is 0 Å². The van der Waals surface area contributed by atoms with Crippen molar-refractivity contribution in [3.05, 3.63) is 0 Å². The van der Waals surface area contributed by atoms with Crippen LogP contribution in [-0.4, -0.2) is 42.8 Å². The molecule has 2 rings (SSSR count). The second-order valence-electron chi connectivity index (χ2n) is 6.91. The zero-order valence-electron chi connectivity index (χ0n) is 13.3. The van der Waals surface area contributed by atoms with Crippen molar-refractivity contribution in [2.75, 3.05) is 19.6 Å². The van der Waals surface area contributed by atoms with Crippen LogP contribution in [0.3, 0.4) is 0 Å². The minimum absolute atomic E-state index is 0.0106. The highest BCUT2D eigenvalue weighted by Gasteiger charge is 2.40. The van der Waals surface area contributed by atoms with E-state index in [0.717, 1.165) is 6.42 Å². The maximum absolute atomic E-state index is 12.9. The number of alkyl halides is 3. The third kappa shape index (κ3) is 4.85. The Morgan fingerprint density at radius 3 is 2.43 bits per heavy atom. The van der Waals surface area contributed by atoms with E-state index < -0.39 is 12.7 Å². The molecule has 0 aromatic rings. The molecule has 124 valence electrons. The third-order valence-corrected chi connectivity index (χ3v) is 5.39. The van der Waals surface area contributed by atoms with E-state index >= 15 is 0 Å². The van der Waals surface area contributed by atoms with Crippen LogP contribution in [0.25, 0.3) is 0 Å². The van der Waals surface area contributed by atoms with Crippen LogP contribution < -0.4 is 5.32 Å². The molecule has 1 aliphatic carbocycles. The number of nitrogens with one attached hydrogen (secondary N) is 1. The van der Waals surface area contributed by atoms with Gasteiger partial charge in [0.1, 0.15) is 0 Å². The Hall–Kier alpha value is -0.290. The topological polar surface area (TPSA) is 15.3 Å². The number of hydrogen-bond donors (Lipinski definition) is 1. The summed E-state index contributed by atoms with van der Waals surface area (Å²) in [4.78, 5) is 1.70. The normalized spacial score (nSPS) is 31.3. The van der Waals surface area contributed by atoms with Crippen molar-refractivity contribution in [3.63, 3.8) is 0 Å². The predicted molar refractivity (Wildman–Crippen MR) is 79.2 cm³/mol. The van der Waals surface area contributed by atoms with Gasteiger partial charge in [-0.25, -0.2) is 0 Å². The Bertz CT molecular complexity index is 313. The Labute approximate surface area is 126 Å². The summed E-state index contributed by atoms with van der Waals surface area (Å²) in [5.41, 5.74) is 0. The lowest BCUT2D eigenvalue weighted by molar-refractivity contribution is -0.157. The molecule has 3 unspecified atom stereocenters. The Kier molecular flexibility index (Phi) is 5.95. The van der Waals surface area contributed by atoms with Gasteiger partial charge in [-0.1, -0.05) is 39.5 Å². The highest BCUT2D eigenvalue weighted by Crippen LogP contribution is 2.31. The van der Waals surface area contributed by atoms with Gasteiger partial charge >= 0.3 is 6.18 Å². The average molecular weight is 306 g/mol. The summed E-state index contributed by atoms with van der Waals surface area (Å²) in [5, 5.41) is 3.56.